The lowest BCUT2D eigenvalue weighted by molar-refractivity contribution is -0.128. The van der Waals surface area contributed by atoms with Gasteiger partial charge in [0.2, 0.25) is 5.91 Å². The number of halogens is 1. The van der Waals surface area contributed by atoms with Crippen molar-refractivity contribution in [1.82, 2.24) is 24.6 Å². The van der Waals surface area contributed by atoms with Crippen LogP contribution in [-0.2, 0) is 4.79 Å². The van der Waals surface area contributed by atoms with Crippen molar-refractivity contribution in [3.8, 4) is 11.4 Å². The minimum absolute atomic E-state index is 0.00555. The summed E-state index contributed by atoms with van der Waals surface area (Å²) in [5, 5.41) is 8.06. The van der Waals surface area contributed by atoms with Crippen molar-refractivity contribution in [3.63, 3.8) is 0 Å². The van der Waals surface area contributed by atoms with Crippen LogP contribution in [-0.4, -0.2) is 69.6 Å². The Hall–Kier alpha value is -3.50. The summed E-state index contributed by atoms with van der Waals surface area (Å²) in [6.07, 6.45) is 1.46. The monoisotopic (exact) mass is 510 g/mol. The number of anilines is 1. The third kappa shape index (κ3) is 4.85. The molecule has 11 heteroatoms. The molecule has 2 aromatic heterocycles. The smallest absolute Gasteiger partial charge is 0.269 e. The molecule has 1 aliphatic heterocycles. The number of carbonyl (C=O) groups excluding carboxylic acids is 1. The number of aromatic amines is 1. The molecular formula is C24H23ClN6O3S. The van der Waals surface area contributed by atoms with Crippen molar-refractivity contribution < 1.29 is 9.53 Å². The van der Waals surface area contributed by atoms with Crippen LogP contribution in [0.4, 0.5) is 5.69 Å². The number of hydrogen-bond donors (Lipinski definition) is 1. The number of hydrogen-bond acceptors (Lipinski definition) is 7. The molecule has 180 valence electrons. The van der Waals surface area contributed by atoms with Crippen molar-refractivity contribution >= 4 is 46.0 Å². The number of nitrogens with zero attached hydrogens (tertiary/aromatic N) is 5. The van der Waals surface area contributed by atoms with E-state index in [4.69, 9.17) is 16.3 Å². The lowest BCUT2D eigenvalue weighted by Crippen LogP contribution is -2.49. The second kappa shape index (κ2) is 10.0. The Kier molecular flexibility index (Phi) is 6.65. The molecule has 4 aromatic rings. The highest BCUT2D eigenvalue weighted by Gasteiger charge is 2.23. The molecule has 35 heavy (non-hydrogen) atoms. The van der Waals surface area contributed by atoms with Crippen LogP contribution in [0.2, 0.25) is 5.02 Å². The maximum Gasteiger partial charge on any atom is 0.269 e. The van der Waals surface area contributed by atoms with Gasteiger partial charge in [-0.05, 0) is 48.5 Å². The van der Waals surface area contributed by atoms with Gasteiger partial charge in [-0.3, -0.25) is 19.3 Å². The van der Waals surface area contributed by atoms with E-state index in [9.17, 15) is 9.59 Å². The van der Waals surface area contributed by atoms with Gasteiger partial charge in [0, 0.05) is 36.9 Å². The number of nitrogens with one attached hydrogen (secondary N) is 1. The maximum absolute atomic E-state index is 13.2. The Morgan fingerprint density at radius 3 is 2.43 bits per heavy atom. The third-order valence-corrected chi connectivity index (χ3v) is 7.11. The predicted molar refractivity (Wildman–Crippen MR) is 137 cm³/mol. The number of ether oxygens (including phenoxy) is 1. The fraction of sp³-hybridized carbons (Fsp3) is 0.250. The van der Waals surface area contributed by atoms with E-state index in [0.717, 1.165) is 24.5 Å². The molecule has 1 N–H and O–H groups in total. The number of methoxy groups -OCH3 is 1. The van der Waals surface area contributed by atoms with Gasteiger partial charge >= 0.3 is 0 Å². The van der Waals surface area contributed by atoms with Crippen LogP contribution in [0.15, 0.2) is 64.7 Å². The molecule has 0 atom stereocenters. The Bertz CT molecular complexity index is 1400. The summed E-state index contributed by atoms with van der Waals surface area (Å²) >= 11 is 7.26. The number of fused-ring (bicyclic) bond motifs is 1. The molecule has 1 saturated heterocycles. The molecule has 3 heterocycles. The Morgan fingerprint density at radius 2 is 1.74 bits per heavy atom. The Labute approximate surface area is 210 Å². The molecule has 0 unspecified atom stereocenters. The van der Waals surface area contributed by atoms with Gasteiger partial charge in [0.05, 0.1) is 24.7 Å². The van der Waals surface area contributed by atoms with E-state index in [-0.39, 0.29) is 17.2 Å². The SMILES string of the molecule is COc1ccc(N2CCN(C(=O)CSc3nc4[nH]ncc4c(=O)n3-c3ccc(Cl)cc3)CC2)cc1. The molecule has 9 nitrogen and oxygen atoms in total. The molecule has 0 aliphatic carbocycles. The summed E-state index contributed by atoms with van der Waals surface area (Å²) in [5.41, 5.74) is 1.87. The number of rotatable bonds is 6. The topological polar surface area (TPSA) is 96.3 Å². The van der Waals surface area contributed by atoms with Crippen molar-refractivity contribution in [1.29, 1.82) is 0 Å². The van der Waals surface area contributed by atoms with E-state index in [1.807, 2.05) is 29.2 Å². The lowest BCUT2D eigenvalue weighted by Gasteiger charge is -2.36. The average molecular weight is 511 g/mol. The highest BCUT2D eigenvalue weighted by molar-refractivity contribution is 7.99. The van der Waals surface area contributed by atoms with Crippen LogP contribution >= 0.6 is 23.4 Å². The molecule has 0 radical (unpaired) electrons. The highest BCUT2D eigenvalue weighted by atomic mass is 35.5. The van der Waals surface area contributed by atoms with E-state index >= 15 is 0 Å². The van der Waals surface area contributed by atoms with Crippen LogP contribution < -0.4 is 15.2 Å². The predicted octanol–water partition coefficient (Wildman–Crippen LogP) is 3.21. The summed E-state index contributed by atoms with van der Waals surface area (Å²) < 4.78 is 6.72. The minimum Gasteiger partial charge on any atom is -0.497 e. The molecule has 1 aliphatic rings. The molecule has 0 spiro atoms. The number of thioether (sulfide) groups is 1. The highest BCUT2D eigenvalue weighted by Crippen LogP contribution is 2.24. The van der Waals surface area contributed by atoms with Crippen molar-refractivity contribution in [2.24, 2.45) is 0 Å². The maximum atomic E-state index is 13.2. The summed E-state index contributed by atoms with van der Waals surface area (Å²) in [6.45, 7) is 2.75. The lowest BCUT2D eigenvalue weighted by atomic mass is 10.2. The first-order valence-corrected chi connectivity index (χ1v) is 12.4. The second-order valence-electron chi connectivity index (χ2n) is 8.00. The fourth-order valence-electron chi connectivity index (χ4n) is 4.01. The van der Waals surface area contributed by atoms with Gasteiger partial charge in [0.1, 0.15) is 11.1 Å². The largest absolute Gasteiger partial charge is 0.497 e. The van der Waals surface area contributed by atoms with E-state index in [0.29, 0.717) is 40.0 Å². The average Bonchev–Trinajstić information content (AvgIpc) is 3.37. The molecule has 0 bridgehead atoms. The van der Waals surface area contributed by atoms with E-state index in [1.165, 1.54) is 22.5 Å². The van der Waals surface area contributed by atoms with Crippen molar-refractivity contribution in [2.45, 2.75) is 5.16 Å². The number of benzene rings is 2. The third-order valence-electron chi connectivity index (χ3n) is 5.93. The first-order chi connectivity index (χ1) is 17.0. The summed E-state index contributed by atoms with van der Waals surface area (Å²) in [7, 11) is 1.65. The molecule has 2 aromatic carbocycles. The Morgan fingerprint density at radius 1 is 1.06 bits per heavy atom. The van der Waals surface area contributed by atoms with Gasteiger partial charge in [-0.1, -0.05) is 23.4 Å². The number of amides is 1. The number of H-pyrrole nitrogens is 1. The number of aromatic nitrogens is 4. The van der Waals surface area contributed by atoms with Gasteiger partial charge in [0.25, 0.3) is 5.56 Å². The minimum atomic E-state index is -0.255. The van der Waals surface area contributed by atoms with E-state index in [1.54, 1.807) is 31.4 Å². The van der Waals surface area contributed by atoms with Crippen LogP contribution in [0, 0.1) is 0 Å². The van der Waals surface area contributed by atoms with Gasteiger partial charge in [0.15, 0.2) is 10.8 Å². The molecule has 5 rings (SSSR count). The standard InChI is InChI=1S/C24H23ClN6O3S/c1-34-19-8-6-17(7-9-19)29-10-12-30(13-11-29)21(32)15-35-24-27-22-20(14-26-28-22)23(33)31(24)18-4-2-16(25)3-5-18/h2-9,14H,10-13,15H2,1H3,(H,26,28). The summed E-state index contributed by atoms with van der Waals surface area (Å²) in [6, 6.07) is 14.9. The van der Waals surface area contributed by atoms with Crippen LogP contribution in [0.1, 0.15) is 0 Å². The van der Waals surface area contributed by atoms with Crippen LogP contribution in [0.25, 0.3) is 16.7 Å². The van der Waals surface area contributed by atoms with Crippen molar-refractivity contribution in [3.05, 3.63) is 70.1 Å². The van der Waals surface area contributed by atoms with E-state index < -0.39 is 0 Å². The van der Waals surface area contributed by atoms with Crippen LogP contribution in [0.3, 0.4) is 0 Å². The van der Waals surface area contributed by atoms with Gasteiger partial charge in [-0.25, -0.2) is 4.98 Å². The Balaban J connectivity index is 1.29. The quantitative estimate of drug-likeness (QED) is 0.314. The zero-order chi connectivity index (χ0) is 24.4. The molecule has 1 amide bonds. The second-order valence-corrected chi connectivity index (χ2v) is 9.38. The summed E-state index contributed by atoms with van der Waals surface area (Å²) in [4.78, 5) is 34.8. The van der Waals surface area contributed by atoms with Gasteiger partial charge < -0.3 is 14.5 Å². The normalized spacial score (nSPS) is 13.9. The summed E-state index contributed by atoms with van der Waals surface area (Å²) in [5.74, 6) is 0.993. The zero-order valence-electron chi connectivity index (χ0n) is 19.0. The number of piperazine rings is 1. The van der Waals surface area contributed by atoms with Crippen LogP contribution in [0.5, 0.6) is 5.75 Å². The fourth-order valence-corrected chi connectivity index (χ4v) is 5.05. The molecule has 1 fully saturated rings. The zero-order valence-corrected chi connectivity index (χ0v) is 20.6. The van der Waals surface area contributed by atoms with E-state index in [2.05, 4.69) is 20.1 Å². The van der Waals surface area contributed by atoms with Gasteiger partial charge in [-0.15, -0.1) is 0 Å². The number of carbonyl (C=O) groups is 1. The van der Waals surface area contributed by atoms with Gasteiger partial charge in [-0.2, -0.15) is 5.10 Å². The molecule has 0 saturated carbocycles. The molecular weight excluding hydrogens is 488 g/mol. The first kappa shape index (κ1) is 23.3. The first-order valence-electron chi connectivity index (χ1n) is 11.0. The van der Waals surface area contributed by atoms with Crippen molar-refractivity contribution in [2.75, 3.05) is 43.9 Å².